The van der Waals surface area contributed by atoms with Crippen molar-refractivity contribution in [1.82, 2.24) is 25.5 Å². The van der Waals surface area contributed by atoms with Crippen molar-refractivity contribution in [3.8, 4) is 0 Å². The SMILES string of the molecule is CC(C)Cn1cncc1CNC(=O)N[C@H]1CCNC1. The quantitative estimate of drug-likeness (QED) is 0.734. The minimum Gasteiger partial charge on any atom is -0.334 e. The van der Waals surface area contributed by atoms with Gasteiger partial charge in [0.25, 0.3) is 0 Å². The third kappa shape index (κ3) is 4.24. The van der Waals surface area contributed by atoms with Crippen molar-refractivity contribution < 1.29 is 4.79 Å². The maximum Gasteiger partial charge on any atom is 0.315 e. The zero-order valence-electron chi connectivity index (χ0n) is 11.6. The molecule has 0 unspecified atom stereocenters. The summed E-state index contributed by atoms with van der Waals surface area (Å²) in [5, 5.41) is 9.07. The van der Waals surface area contributed by atoms with Crippen LogP contribution in [0.1, 0.15) is 26.0 Å². The van der Waals surface area contributed by atoms with Crippen LogP contribution < -0.4 is 16.0 Å². The summed E-state index contributed by atoms with van der Waals surface area (Å²) in [6, 6.07) is 0.145. The van der Waals surface area contributed by atoms with Gasteiger partial charge < -0.3 is 20.5 Å². The minimum atomic E-state index is -0.106. The molecule has 1 aromatic heterocycles. The first kappa shape index (κ1) is 13.9. The smallest absolute Gasteiger partial charge is 0.315 e. The first-order valence-corrected chi connectivity index (χ1v) is 6.89. The molecular weight excluding hydrogens is 242 g/mol. The molecule has 106 valence electrons. The normalized spacial score (nSPS) is 18.8. The molecule has 0 aromatic carbocycles. The van der Waals surface area contributed by atoms with Gasteiger partial charge >= 0.3 is 6.03 Å². The molecule has 1 aliphatic rings. The number of imidazole rings is 1. The Morgan fingerprint density at radius 3 is 3.16 bits per heavy atom. The van der Waals surface area contributed by atoms with E-state index in [9.17, 15) is 4.79 Å². The van der Waals surface area contributed by atoms with Gasteiger partial charge in [-0.25, -0.2) is 9.78 Å². The van der Waals surface area contributed by atoms with Gasteiger partial charge in [-0.3, -0.25) is 0 Å². The van der Waals surface area contributed by atoms with Crippen molar-refractivity contribution in [2.24, 2.45) is 5.92 Å². The number of hydrogen-bond donors (Lipinski definition) is 3. The Balaban J connectivity index is 1.78. The molecule has 0 spiro atoms. The van der Waals surface area contributed by atoms with E-state index in [0.29, 0.717) is 12.5 Å². The number of rotatable bonds is 5. The molecule has 2 heterocycles. The molecule has 1 aromatic rings. The molecule has 0 aliphatic carbocycles. The highest BCUT2D eigenvalue weighted by atomic mass is 16.2. The maximum atomic E-state index is 11.7. The third-order valence-corrected chi connectivity index (χ3v) is 3.19. The number of urea groups is 1. The summed E-state index contributed by atoms with van der Waals surface area (Å²) in [7, 11) is 0. The summed E-state index contributed by atoms with van der Waals surface area (Å²) in [5.74, 6) is 0.561. The Bertz CT molecular complexity index is 409. The Labute approximate surface area is 114 Å². The van der Waals surface area contributed by atoms with Crippen LogP contribution in [0.5, 0.6) is 0 Å². The first-order chi connectivity index (χ1) is 9.15. The van der Waals surface area contributed by atoms with Crippen LogP contribution >= 0.6 is 0 Å². The van der Waals surface area contributed by atoms with Crippen LogP contribution in [0.2, 0.25) is 0 Å². The number of carbonyl (C=O) groups is 1. The van der Waals surface area contributed by atoms with Crippen LogP contribution in [0.25, 0.3) is 0 Å². The molecule has 1 aliphatic heterocycles. The van der Waals surface area contributed by atoms with Crippen LogP contribution in [0.3, 0.4) is 0 Å². The Kier molecular flexibility index (Phi) is 4.79. The maximum absolute atomic E-state index is 11.7. The molecule has 6 heteroatoms. The molecule has 2 amide bonds. The fourth-order valence-electron chi connectivity index (χ4n) is 2.24. The number of nitrogens with one attached hydrogen (secondary N) is 3. The van der Waals surface area contributed by atoms with E-state index in [-0.39, 0.29) is 12.1 Å². The van der Waals surface area contributed by atoms with E-state index in [2.05, 4.69) is 39.3 Å². The highest BCUT2D eigenvalue weighted by Crippen LogP contribution is 2.04. The van der Waals surface area contributed by atoms with E-state index >= 15 is 0 Å². The molecule has 1 fully saturated rings. The summed E-state index contributed by atoms with van der Waals surface area (Å²) in [6.07, 6.45) is 4.62. The van der Waals surface area contributed by atoms with E-state index in [1.54, 1.807) is 6.20 Å². The number of aromatic nitrogens is 2. The van der Waals surface area contributed by atoms with Crippen LogP contribution in [-0.2, 0) is 13.1 Å². The monoisotopic (exact) mass is 265 g/mol. The van der Waals surface area contributed by atoms with Crippen LogP contribution in [0.4, 0.5) is 4.79 Å². The number of amides is 2. The molecule has 1 atom stereocenters. The molecule has 1 saturated heterocycles. The van der Waals surface area contributed by atoms with Gasteiger partial charge in [0, 0.05) is 25.3 Å². The van der Waals surface area contributed by atoms with Crippen molar-refractivity contribution in [1.29, 1.82) is 0 Å². The Morgan fingerprint density at radius 2 is 2.47 bits per heavy atom. The molecule has 2 rings (SSSR count). The van der Waals surface area contributed by atoms with Gasteiger partial charge in [-0.15, -0.1) is 0 Å². The highest BCUT2D eigenvalue weighted by Gasteiger charge is 2.16. The van der Waals surface area contributed by atoms with Crippen molar-refractivity contribution in [2.45, 2.75) is 39.4 Å². The lowest BCUT2D eigenvalue weighted by molar-refractivity contribution is 0.237. The topological polar surface area (TPSA) is 71.0 Å². The Morgan fingerprint density at radius 1 is 1.63 bits per heavy atom. The predicted molar refractivity (Wildman–Crippen MR) is 73.7 cm³/mol. The third-order valence-electron chi connectivity index (χ3n) is 3.19. The molecule has 6 nitrogen and oxygen atoms in total. The van der Waals surface area contributed by atoms with Gasteiger partial charge in [-0.05, 0) is 18.9 Å². The van der Waals surface area contributed by atoms with E-state index in [4.69, 9.17) is 0 Å². The average Bonchev–Trinajstić information content (AvgIpc) is 2.97. The predicted octanol–water partition coefficient (Wildman–Crippen LogP) is 0.700. The first-order valence-electron chi connectivity index (χ1n) is 6.89. The lowest BCUT2D eigenvalue weighted by atomic mass is 10.2. The fraction of sp³-hybridized carbons (Fsp3) is 0.692. The van der Waals surface area contributed by atoms with Crippen LogP contribution in [-0.4, -0.2) is 34.7 Å². The molecule has 0 bridgehead atoms. The van der Waals surface area contributed by atoms with Gasteiger partial charge in [0.05, 0.1) is 18.6 Å². The Hall–Kier alpha value is -1.56. The van der Waals surface area contributed by atoms with E-state index in [1.807, 2.05) is 6.33 Å². The van der Waals surface area contributed by atoms with Gasteiger partial charge in [-0.2, -0.15) is 0 Å². The second-order valence-corrected chi connectivity index (χ2v) is 5.45. The van der Waals surface area contributed by atoms with Crippen molar-refractivity contribution in [3.05, 3.63) is 18.2 Å². The number of hydrogen-bond acceptors (Lipinski definition) is 3. The number of nitrogens with zero attached hydrogens (tertiary/aromatic N) is 2. The molecule has 3 N–H and O–H groups in total. The molecular formula is C13H23N5O. The summed E-state index contributed by atoms with van der Waals surface area (Å²) in [6.45, 7) is 7.60. The fourth-order valence-corrected chi connectivity index (χ4v) is 2.24. The number of carbonyl (C=O) groups excluding carboxylic acids is 1. The van der Waals surface area contributed by atoms with Crippen molar-refractivity contribution >= 4 is 6.03 Å². The summed E-state index contributed by atoms with van der Waals surface area (Å²) in [4.78, 5) is 15.9. The van der Waals surface area contributed by atoms with Crippen molar-refractivity contribution in [2.75, 3.05) is 13.1 Å². The van der Waals surface area contributed by atoms with Gasteiger partial charge in [0.1, 0.15) is 0 Å². The van der Waals surface area contributed by atoms with Gasteiger partial charge in [0.2, 0.25) is 0 Å². The zero-order chi connectivity index (χ0) is 13.7. The standard InChI is InChI=1S/C13H23N5O/c1-10(2)8-18-9-15-6-12(18)7-16-13(19)17-11-3-4-14-5-11/h6,9-11,14H,3-5,7-8H2,1-2H3,(H2,16,17,19)/t11-/m0/s1. The van der Waals surface area contributed by atoms with E-state index in [0.717, 1.165) is 31.7 Å². The second kappa shape index (κ2) is 6.56. The highest BCUT2D eigenvalue weighted by molar-refractivity contribution is 5.74. The van der Waals surface area contributed by atoms with E-state index < -0.39 is 0 Å². The van der Waals surface area contributed by atoms with Crippen LogP contribution in [0, 0.1) is 5.92 Å². The van der Waals surface area contributed by atoms with E-state index in [1.165, 1.54) is 0 Å². The largest absolute Gasteiger partial charge is 0.334 e. The second-order valence-electron chi connectivity index (χ2n) is 5.45. The summed E-state index contributed by atoms with van der Waals surface area (Å²) in [5.41, 5.74) is 1.04. The van der Waals surface area contributed by atoms with Crippen molar-refractivity contribution in [3.63, 3.8) is 0 Å². The van der Waals surface area contributed by atoms with Gasteiger partial charge in [0.15, 0.2) is 0 Å². The lowest BCUT2D eigenvalue weighted by Gasteiger charge is -2.14. The van der Waals surface area contributed by atoms with Crippen LogP contribution in [0.15, 0.2) is 12.5 Å². The minimum absolute atomic E-state index is 0.106. The molecule has 19 heavy (non-hydrogen) atoms. The lowest BCUT2D eigenvalue weighted by Crippen LogP contribution is -2.42. The summed E-state index contributed by atoms with van der Waals surface area (Å²) < 4.78 is 2.09. The molecule has 0 radical (unpaired) electrons. The molecule has 0 saturated carbocycles. The average molecular weight is 265 g/mol. The zero-order valence-corrected chi connectivity index (χ0v) is 11.6. The summed E-state index contributed by atoms with van der Waals surface area (Å²) >= 11 is 0. The van der Waals surface area contributed by atoms with Gasteiger partial charge in [-0.1, -0.05) is 13.8 Å².